The molecule has 3 rings (SSSR count). The second-order valence-electron chi connectivity index (χ2n) is 6.02. The zero-order valence-corrected chi connectivity index (χ0v) is 14.8. The molecular formula is C18H19N3O3S. The number of carbonyl (C=O) groups excluding carboxylic acids is 2. The number of para-hydroxylation sites is 1. The van der Waals surface area contributed by atoms with Gasteiger partial charge in [-0.2, -0.15) is 0 Å². The van der Waals surface area contributed by atoms with Gasteiger partial charge in [-0.1, -0.05) is 12.1 Å². The van der Waals surface area contributed by atoms with Crippen molar-refractivity contribution in [3.63, 3.8) is 0 Å². The summed E-state index contributed by atoms with van der Waals surface area (Å²) < 4.78 is 0. The van der Waals surface area contributed by atoms with E-state index in [2.05, 4.69) is 15.6 Å². The van der Waals surface area contributed by atoms with Gasteiger partial charge < -0.3 is 15.6 Å². The molecule has 0 fully saturated rings. The summed E-state index contributed by atoms with van der Waals surface area (Å²) in [4.78, 5) is 40.0. The van der Waals surface area contributed by atoms with Crippen molar-refractivity contribution in [2.24, 2.45) is 0 Å². The SMILES string of the molecule is Cc1cc(C)c(CNC(=O)C[C@H]2Sc3ccccc3NC2=O)c(=O)[nH]1. The number of pyridine rings is 1. The molecule has 130 valence electrons. The van der Waals surface area contributed by atoms with Crippen LogP contribution in [0.15, 0.2) is 40.0 Å². The summed E-state index contributed by atoms with van der Waals surface area (Å²) in [5, 5.41) is 5.08. The van der Waals surface area contributed by atoms with Crippen molar-refractivity contribution in [1.82, 2.24) is 10.3 Å². The van der Waals surface area contributed by atoms with Crippen molar-refractivity contribution < 1.29 is 9.59 Å². The first-order valence-electron chi connectivity index (χ1n) is 7.96. The van der Waals surface area contributed by atoms with Gasteiger partial charge in [-0.05, 0) is 37.6 Å². The molecule has 1 aliphatic rings. The fraction of sp³-hybridized carbons (Fsp3) is 0.278. The lowest BCUT2D eigenvalue weighted by Crippen LogP contribution is -2.35. The Kier molecular flexibility index (Phi) is 4.94. The molecule has 0 aliphatic carbocycles. The molecule has 7 heteroatoms. The molecule has 6 nitrogen and oxygen atoms in total. The van der Waals surface area contributed by atoms with Crippen molar-refractivity contribution in [1.29, 1.82) is 0 Å². The summed E-state index contributed by atoms with van der Waals surface area (Å²) >= 11 is 1.38. The Labute approximate surface area is 149 Å². The molecule has 0 spiro atoms. The van der Waals surface area contributed by atoms with E-state index in [4.69, 9.17) is 0 Å². The Balaban J connectivity index is 1.62. The highest BCUT2D eigenvalue weighted by Gasteiger charge is 2.28. The number of anilines is 1. The van der Waals surface area contributed by atoms with Gasteiger partial charge in [0.25, 0.3) is 5.56 Å². The number of rotatable bonds is 4. The fourth-order valence-corrected chi connectivity index (χ4v) is 3.87. The molecule has 0 saturated carbocycles. The zero-order chi connectivity index (χ0) is 18.0. The highest BCUT2D eigenvalue weighted by Crippen LogP contribution is 2.36. The minimum atomic E-state index is -0.479. The van der Waals surface area contributed by atoms with Gasteiger partial charge in [0.1, 0.15) is 0 Å². The number of hydrogen-bond donors (Lipinski definition) is 3. The third-order valence-electron chi connectivity index (χ3n) is 4.03. The monoisotopic (exact) mass is 357 g/mol. The topological polar surface area (TPSA) is 91.1 Å². The Hall–Kier alpha value is -2.54. The van der Waals surface area contributed by atoms with E-state index in [9.17, 15) is 14.4 Å². The lowest BCUT2D eigenvalue weighted by molar-refractivity contribution is -0.124. The maximum atomic E-state index is 12.2. The molecule has 0 saturated heterocycles. The average Bonchev–Trinajstić information content (AvgIpc) is 2.54. The van der Waals surface area contributed by atoms with Gasteiger partial charge in [0, 0.05) is 29.1 Å². The van der Waals surface area contributed by atoms with Crippen molar-refractivity contribution in [2.45, 2.75) is 37.0 Å². The Bertz CT molecular complexity index is 891. The largest absolute Gasteiger partial charge is 0.352 e. The summed E-state index contributed by atoms with van der Waals surface area (Å²) in [6.07, 6.45) is 0.0631. The minimum Gasteiger partial charge on any atom is -0.352 e. The summed E-state index contributed by atoms with van der Waals surface area (Å²) in [5.74, 6) is -0.436. The van der Waals surface area contributed by atoms with Crippen LogP contribution in [-0.4, -0.2) is 22.0 Å². The van der Waals surface area contributed by atoms with Gasteiger partial charge in [-0.3, -0.25) is 14.4 Å². The number of H-pyrrole nitrogens is 1. The molecule has 2 amide bonds. The standard InChI is InChI=1S/C18H19N3O3S/c1-10-7-11(2)20-17(23)12(10)9-19-16(22)8-15-18(24)21-13-5-3-4-6-14(13)25-15/h3-7,15H,8-9H2,1-2H3,(H,19,22)(H,20,23)(H,21,24)/t15-/m1/s1. The van der Waals surface area contributed by atoms with E-state index >= 15 is 0 Å². The highest BCUT2D eigenvalue weighted by atomic mass is 32.2. The predicted octanol–water partition coefficient (Wildman–Crippen LogP) is 2.11. The van der Waals surface area contributed by atoms with Gasteiger partial charge >= 0.3 is 0 Å². The fourth-order valence-electron chi connectivity index (χ4n) is 2.76. The number of benzene rings is 1. The smallest absolute Gasteiger partial charge is 0.253 e. The Morgan fingerprint density at radius 2 is 2.00 bits per heavy atom. The molecular weight excluding hydrogens is 338 g/mol. The number of aromatic nitrogens is 1. The molecule has 2 aromatic rings. The molecule has 0 unspecified atom stereocenters. The van der Waals surface area contributed by atoms with Crippen LogP contribution in [0.5, 0.6) is 0 Å². The van der Waals surface area contributed by atoms with Gasteiger partial charge in [0.05, 0.1) is 10.9 Å². The van der Waals surface area contributed by atoms with E-state index in [1.54, 1.807) is 0 Å². The third-order valence-corrected chi connectivity index (χ3v) is 5.31. The molecule has 25 heavy (non-hydrogen) atoms. The molecule has 0 radical (unpaired) electrons. The summed E-state index contributed by atoms with van der Waals surface area (Å²) in [6, 6.07) is 9.37. The second kappa shape index (κ2) is 7.14. The maximum Gasteiger partial charge on any atom is 0.253 e. The van der Waals surface area contributed by atoms with Gasteiger partial charge in [-0.25, -0.2) is 0 Å². The molecule has 3 N–H and O–H groups in total. The van der Waals surface area contributed by atoms with Crippen LogP contribution in [0.3, 0.4) is 0 Å². The molecule has 1 aliphatic heterocycles. The highest BCUT2D eigenvalue weighted by molar-refractivity contribution is 8.01. The number of hydrogen-bond acceptors (Lipinski definition) is 4. The van der Waals surface area contributed by atoms with Crippen molar-refractivity contribution >= 4 is 29.3 Å². The van der Waals surface area contributed by atoms with Crippen molar-refractivity contribution in [3.8, 4) is 0 Å². The number of nitrogens with one attached hydrogen (secondary N) is 3. The van der Waals surface area contributed by atoms with Crippen LogP contribution in [0.2, 0.25) is 0 Å². The van der Waals surface area contributed by atoms with Crippen molar-refractivity contribution in [3.05, 3.63) is 57.5 Å². The Morgan fingerprint density at radius 3 is 2.76 bits per heavy atom. The molecule has 1 atom stereocenters. The van der Waals surface area contributed by atoms with E-state index in [0.29, 0.717) is 5.56 Å². The van der Waals surface area contributed by atoms with Crippen LogP contribution < -0.4 is 16.2 Å². The first kappa shape index (κ1) is 17.3. The summed E-state index contributed by atoms with van der Waals surface area (Å²) in [5.41, 5.74) is 2.73. The lowest BCUT2D eigenvalue weighted by atomic mass is 10.1. The van der Waals surface area contributed by atoms with Crippen LogP contribution in [0, 0.1) is 13.8 Å². The predicted molar refractivity (Wildman–Crippen MR) is 97.7 cm³/mol. The van der Waals surface area contributed by atoms with Crippen LogP contribution in [0.1, 0.15) is 23.2 Å². The Morgan fingerprint density at radius 1 is 1.24 bits per heavy atom. The molecule has 0 bridgehead atoms. The van der Waals surface area contributed by atoms with E-state index < -0.39 is 5.25 Å². The van der Waals surface area contributed by atoms with E-state index in [-0.39, 0.29) is 30.3 Å². The van der Waals surface area contributed by atoms with Crippen LogP contribution >= 0.6 is 11.8 Å². The molecule has 1 aromatic carbocycles. The number of aryl methyl sites for hydroxylation is 2. The van der Waals surface area contributed by atoms with E-state index in [0.717, 1.165) is 21.8 Å². The van der Waals surface area contributed by atoms with Crippen molar-refractivity contribution in [2.75, 3.05) is 5.32 Å². The molecule has 1 aromatic heterocycles. The van der Waals surface area contributed by atoms with Gasteiger partial charge in [0.15, 0.2) is 0 Å². The lowest BCUT2D eigenvalue weighted by Gasteiger charge is -2.23. The average molecular weight is 357 g/mol. The second-order valence-corrected chi connectivity index (χ2v) is 7.26. The van der Waals surface area contributed by atoms with Gasteiger partial charge in [0.2, 0.25) is 11.8 Å². The van der Waals surface area contributed by atoms with E-state index in [1.165, 1.54) is 11.8 Å². The normalized spacial score (nSPS) is 16.1. The quantitative estimate of drug-likeness (QED) is 0.782. The maximum absolute atomic E-state index is 12.2. The van der Waals surface area contributed by atoms with Crippen LogP contribution in [-0.2, 0) is 16.1 Å². The number of amides is 2. The number of thioether (sulfide) groups is 1. The minimum absolute atomic E-state index is 0.0631. The summed E-state index contributed by atoms with van der Waals surface area (Å²) in [7, 11) is 0. The zero-order valence-electron chi connectivity index (χ0n) is 14.0. The first-order chi connectivity index (χ1) is 11.9. The van der Waals surface area contributed by atoms with E-state index in [1.807, 2.05) is 44.2 Å². The number of carbonyl (C=O) groups is 2. The first-order valence-corrected chi connectivity index (χ1v) is 8.84. The number of fused-ring (bicyclic) bond motifs is 1. The molecule has 2 heterocycles. The van der Waals surface area contributed by atoms with Crippen LogP contribution in [0.25, 0.3) is 0 Å². The summed E-state index contributed by atoms with van der Waals surface area (Å²) in [6.45, 7) is 3.80. The van der Waals surface area contributed by atoms with Gasteiger partial charge in [-0.15, -0.1) is 11.8 Å². The third kappa shape index (κ3) is 3.93. The van der Waals surface area contributed by atoms with Crippen LogP contribution in [0.4, 0.5) is 5.69 Å². The number of aromatic amines is 1.